The highest BCUT2D eigenvalue weighted by Gasteiger charge is 2.43. The van der Waals surface area contributed by atoms with Crippen LogP contribution in [0.2, 0.25) is 0 Å². The summed E-state index contributed by atoms with van der Waals surface area (Å²) in [6, 6.07) is 0. The van der Waals surface area contributed by atoms with Gasteiger partial charge in [-0.15, -0.1) is 0 Å². The van der Waals surface area contributed by atoms with Crippen LogP contribution in [0.1, 0.15) is 53.4 Å². The van der Waals surface area contributed by atoms with Crippen LogP contribution >= 0.6 is 0 Å². The molecule has 1 saturated heterocycles. The number of piperidine rings is 1. The van der Waals surface area contributed by atoms with Crippen molar-refractivity contribution < 1.29 is 4.84 Å². The molecule has 2 nitrogen and oxygen atoms in total. The highest BCUT2D eigenvalue weighted by atomic mass is 16.7. The minimum atomic E-state index is 0.111. The second-order valence-corrected chi connectivity index (χ2v) is 6.43. The fraction of sp³-hybridized carbons (Fsp3) is 0.733. The predicted octanol–water partition coefficient (Wildman–Crippen LogP) is 3.85. The van der Waals surface area contributed by atoms with Crippen LogP contribution in [0.3, 0.4) is 0 Å². The first-order valence-corrected chi connectivity index (χ1v) is 6.72. The normalized spacial score (nSPS) is 28.5. The first-order chi connectivity index (χ1) is 7.92. The number of hydrogen-bond acceptors (Lipinski definition) is 2. The van der Waals surface area contributed by atoms with Crippen LogP contribution in [0, 0.1) is 0 Å². The molecule has 1 aliphatic heterocycles. The molecule has 2 rings (SSSR count). The molecule has 0 aromatic carbocycles. The van der Waals surface area contributed by atoms with E-state index in [1.165, 1.54) is 19.3 Å². The third-order valence-electron chi connectivity index (χ3n) is 3.83. The molecular formula is C15H25NO. The van der Waals surface area contributed by atoms with E-state index in [4.69, 9.17) is 4.84 Å². The van der Waals surface area contributed by atoms with Crippen molar-refractivity contribution in [3.05, 3.63) is 24.3 Å². The van der Waals surface area contributed by atoms with E-state index in [1.54, 1.807) is 0 Å². The van der Waals surface area contributed by atoms with Crippen LogP contribution in [-0.2, 0) is 4.84 Å². The summed E-state index contributed by atoms with van der Waals surface area (Å²) in [6.07, 6.45) is 13.5. The number of hydroxylamine groups is 2. The van der Waals surface area contributed by atoms with E-state index in [-0.39, 0.29) is 17.2 Å². The van der Waals surface area contributed by atoms with E-state index in [9.17, 15) is 0 Å². The fourth-order valence-corrected chi connectivity index (χ4v) is 3.02. The first kappa shape index (κ1) is 12.8. The van der Waals surface area contributed by atoms with Crippen molar-refractivity contribution >= 4 is 0 Å². The van der Waals surface area contributed by atoms with E-state index in [0.29, 0.717) is 0 Å². The molecule has 0 N–H and O–H groups in total. The lowest BCUT2D eigenvalue weighted by atomic mass is 9.82. The maximum Gasteiger partial charge on any atom is 0.116 e. The molecule has 0 unspecified atom stereocenters. The summed E-state index contributed by atoms with van der Waals surface area (Å²) in [5, 5.41) is 2.23. The molecule has 0 saturated carbocycles. The third kappa shape index (κ3) is 2.80. The van der Waals surface area contributed by atoms with Crippen molar-refractivity contribution in [2.45, 2.75) is 70.6 Å². The molecule has 2 heteroatoms. The second kappa shape index (κ2) is 4.58. The van der Waals surface area contributed by atoms with Crippen molar-refractivity contribution in [3.63, 3.8) is 0 Å². The van der Waals surface area contributed by atoms with Crippen molar-refractivity contribution in [3.8, 4) is 0 Å². The molecule has 0 amide bonds. The molecular weight excluding hydrogens is 210 g/mol. The molecule has 0 bridgehead atoms. The maximum absolute atomic E-state index is 6.22. The van der Waals surface area contributed by atoms with E-state index in [1.807, 2.05) is 0 Å². The van der Waals surface area contributed by atoms with Gasteiger partial charge < -0.3 is 0 Å². The van der Waals surface area contributed by atoms with Gasteiger partial charge in [0.05, 0.1) is 0 Å². The van der Waals surface area contributed by atoms with Crippen LogP contribution < -0.4 is 0 Å². The maximum atomic E-state index is 6.22. The van der Waals surface area contributed by atoms with Crippen LogP contribution in [-0.4, -0.2) is 22.2 Å². The van der Waals surface area contributed by atoms with Crippen LogP contribution in [0.15, 0.2) is 24.3 Å². The van der Waals surface area contributed by atoms with Crippen LogP contribution in [0.4, 0.5) is 0 Å². The quantitative estimate of drug-likeness (QED) is 0.674. The summed E-state index contributed by atoms with van der Waals surface area (Å²) in [7, 11) is 0. The summed E-state index contributed by atoms with van der Waals surface area (Å²) in [5.74, 6) is 0. The van der Waals surface area contributed by atoms with E-state index in [2.05, 4.69) is 57.1 Å². The summed E-state index contributed by atoms with van der Waals surface area (Å²) in [4.78, 5) is 6.22. The lowest BCUT2D eigenvalue weighted by Gasteiger charge is -2.52. The van der Waals surface area contributed by atoms with Crippen LogP contribution in [0.5, 0.6) is 0 Å². The predicted molar refractivity (Wildman–Crippen MR) is 71.6 cm³/mol. The van der Waals surface area contributed by atoms with Gasteiger partial charge in [-0.3, -0.25) is 4.84 Å². The summed E-state index contributed by atoms with van der Waals surface area (Å²) < 4.78 is 0. The number of allylic oxidation sites excluding steroid dienone is 2. The molecule has 1 aliphatic carbocycles. The molecule has 0 spiro atoms. The molecule has 1 fully saturated rings. The Morgan fingerprint density at radius 1 is 1.00 bits per heavy atom. The number of hydrogen-bond donors (Lipinski definition) is 0. The van der Waals surface area contributed by atoms with Gasteiger partial charge in [0.15, 0.2) is 0 Å². The summed E-state index contributed by atoms with van der Waals surface area (Å²) in [5.41, 5.74) is 0.252. The van der Waals surface area contributed by atoms with Crippen LogP contribution in [0.25, 0.3) is 0 Å². The zero-order valence-electron chi connectivity index (χ0n) is 11.6. The zero-order valence-corrected chi connectivity index (χ0v) is 11.6. The van der Waals surface area contributed by atoms with Gasteiger partial charge in [-0.05, 0) is 53.4 Å². The number of rotatable bonds is 2. The van der Waals surface area contributed by atoms with Gasteiger partial charge in [-0.25, -0.2) is 0 Å². The summed E-state index contributed by atoms with van der Waals surface area (Å²) in [6.45, 7) is 9.13. The molecule has 2 aliphatic rings. The Morgan fingerprint density at radius 3 is 2.06 bits per heavy atom. The van der Waals surface area contributed by atoms with Crippen molar-refractivity contribution in [1.82, 2.24) is 5.06 Å². The molecule has 0 radical (unpaired) electrons. The fourth-order valence-electron chi connectivity index (χ4n) is 3.02. The molecule has 0 aromatic heterocycles. The topological polar surface area (TPSA) is 12.5 Å². The van der Waals surface area contributed by atoms with Crippen molar-refractivity contribution in [2.75, 3.05) is 0 Å². The van der Waals surface area contributed by atoms with E-state index in [0.717, 1.165) is 6.42 Å². The Hall–Kier alpha value is -0.600. The van der Waals surface area contributed by atoms with Gasteiger partial charge in [-0.2, -0.15) is 5.06 Å². The lowest BCUT2D eigenvalue weighted by Crippen LogP contribution is -2.59. The highest BCUT2D eigenvalue weighted by molar-refractivity contribution is 5.10. The van der Waals surface area contributed by atoms with Gasteiger partial charge >= 0.3 is 0 Å². The Balaban J connectivity index is 2.12. The molecule has 17 heavy (non-hydrogen) atoms. The SMILES string of the molecule is CC1(C)CCCC(C)(C)N1OC1C=CCC=C1. The third-order valence-corrected chi connectivity index (χ3v) is 3.83. The molecule has 0 atom stereocenters. The monoisotopic (exact) mass is 235 g/mol. The van der Waals surface area contributed by atoms with E-state index >= 15 is 0 Å². The molecule has 0 aromatic rings. The van der Waals surface area contributed by atoms with Gasteiger partial charge in [0.25, 0.3) is 0 Å². The van der Waals surface area contributed by atoms with E-state index < -0.39 is 0 Å². The number of nitrogens with zero attached hydrogens (tertiary/aromatic N) is 1. The van der Waals surface area contributed by atoms with Gasteiger partial charge in [-0.1, -0.05) is 24.3 Å². The average Bonchev–Trinajstić information content (AvgIpc) is 2.25. The minimum absolute atomic E-state index is 0.111. The standard InChI is InChI=1S/C15H25NO/c1-14(2)11-8-12-15(3,4)16(14)17-13-9-6-5-7-10-13/h6-7,9-10,13H,5,8,11-12H2,1-4H3. The Labute approximate surface area is 105 Å². The lowest BCUT2D eigenvalue weighted by molar-refractivity contribution is -0.288. The zero-order chi connectivity index (χ0) is 12.5. The van der Waals surface area contributed by atoms with Crippen molar-refractivity contribution in [1.29, 1.82) is 0 Å². The van der Waals surface area contributed by atoms with Gasteiger partial charge in [0.2, 0.25) is 0 Å². The smallest absolute Gasteiger partial charge is 0.116 e. The highest BCUT2D eigenvalue weighted by Crippen LogP contribution is 2.39. The average molecular weight is 235 g/mol. The molecule has 1 heterocycles. The van der Waals surface area contributed by atoms with Crippen molar-refractivity contribution in [2.24, 2.45) is 0 Å². The summed E-state index contributed by atoms with van der Waals surface area (Å²) >= 11 is 0. The first-order valence-electron chi connectivity index (χ1n) is 6.72. The Kier molecular flexibility index (Phi) is 3.46. The largest absolute Gasteiger partial charge is 0.286 e. The van der Waals surface area contributed by atoms with Gasteiger partial charge in [0.1, 0.15) is 6.10 Å². The minimum Gasteiger partial charge on any atom is -0.286 e. The molecule has 96 valence electrons. The Bertz CT molecular complexity index is 300. The van der Waals surface area contributed by atoms with Gasteiger partial charge in [0, 0.05) is 11.1 Å². The Morgan fingerprint density at radius 2 is 1.53 bits per heavy atom. The second-order valence-electron chi connectivity index (χ2n) is 6.43.